The summed E-state index contributed by atoms with van der Waals surface area (Å²) in [6.45, 7) is 7.82. The number of carbonyl (C=O) groups excluding carboxylic acids is 2. The van der Waals surface area contributed by atoms with Crippen LogP contribution in [0.15, 0.2) is 24.3 Å². The molecular weight excluding hydrogens is 371 g/mol. The van der Waals surface area contributed by atoms with Gasteiger partial charge in [-0.1, -0.05) is 0 Å². The number of nitrogens with one attached hydrogen (secondary N) is 1. The second-order valence-electron chi connectivity index (χ2n) is 8.75. The quantitative estimate of drug-likeness (QED) is 0.835. The fourth-order valence-electron chi connectivity index (χ4n) is 5.03. The molecule has 1 atom stereocenters. The number of amides is 2. The lowest BCUT2D eigenvalue weighted by Crippen LogP contribution is -2.47. The van der Waals surface area contributed by atoms with Gasteiger partial charge in [-0.3, -0.25) is 14.5 Å². The van der Waals surface area contributed by atoms with Crippen molar-refractivity contribution in [3.8, 4) is 0 Å². The molecule has 1 spiro atoms. The van der Waals surface area contributed by atoms with E-state index in [1.54, 1.807) is 6.92 Å². The summed E-state index contributed by atoms with van der Waals surface area (Å²) in [7, 11) is 0. The number of hydrogen-bond acceptors (Lipinski definition) is 4. The van der Waals surface area contributed by atoms with Crippen molar-refractivity contribution in [2.24, 2.45) is 5.41 Å². The Kier molecular flexibility index (Phi) is 5.76. The molecule has 2 amide bonds. The highest BCUT2D eigenvalue weighted by molar-refractivity contribution is 5.85. The molecule has 0 radical (unpaired) electrons. The number of benzene rings is 1. The van der Waals surface area contributed by atoms with Crippen molar-refractivity contribution in [3.05, 3.63) is 30.1 Å². The minimum absolute atomic E-state index is 0.106. The SMILES string of the molecule is CC(=O)N1CCC2(CC1)CC(CCN1CCN(c3ccc(F)cc3)CC1)NC2=O. The molecule has 1 aromatic rings. The average Bonchev–Trinajstić information content (AvgIpc) is 3.03. The number of carbonyl (C=O) groups is 2. The normalized spacial score (nSPS) is 24.8. The zero-order valence-corrected chi connectivity index (χ0v) is 17.2. The molecule has 3 fully saturated rings. The van der Waals surface area contributed by atoms with E-state index in [4.69, 9.17) is 0 Å². The van der Waals surface area contributed by atoms with Crippen LogP contribution >= 0.6 is 0 Å². The number of piperidine rings is 1. The molecule has 3 aliphatic heterocycles. The molecule has 6 nitrogen and oxygen atoms in total. The predicted molar refractivity (Wildman–Crippen MR) is 110 cm³/mol. The van der Waals surface area contributed by atoms with Crippen molar-refractivity contribution >= 4 is 17.5 Å². The molecule has 1 N–H and O–H groups in total. The third-order valence-corrected chi connectivity index (χ3v) is 6.98. The van der Waals surface area contributed by atoms with Gasteiger partial charge < -0.3 is 15.1 Å². The first-order valence-corrected chi connectivity index (χ1v) is 10.7. The van der Waals surface area contributed by atoms with E-state index in [9.17, 15) is 14.0 Å². The van der Waals surface area contributed by atoms with E-state index >= 15 is 0 Å². The third-order valence-electron chi connectivity index (χ3n) is 6.98. The van der Waals surface area contributed by atoms with Crippen LogP contribution < -0.4 is 10.2 Å². The first kappa shape index (κ1) is 20.1. The lowest BCUT2D eigenvalue weighted by molar-refractivity contribution is -0.136. The monoisotopic (exact) mass is 402 g/mol. The lowest BCUT2D eigenvalue weighted by Gasteiger charge is -2.37. The molecule has 29 heavy (non-hydrogen) atoms. The topological polar surface area (TPSA) is 55.9 Å². The van der Waals surface area contributed by atoms with Gasteiger partial charge in [-0.25, -0.2) is 4.39 Å². The summed E-state index contributed by atoms with van der Waals surface area (Å²) < 4.78 is 13.1. The molecule has 0 saturated carbocycles. The highest BCUT2D eigenvalue weighted by Crippen LogP contribution is 2.41. The van der Waals surface area contributed by atoms with Crippen LogP contribution in [0.4, 0.5) is 10.1 Å². The first-order valence-electron chi connectivity index (χ1n) is 10.7. The van der Waals surface area contributed by atoms with Gasteiger partial charge in [0, 0.05) is 64.5 Å². The zero-order valence-electron chi connectivity index (χ0n) is 17.2. The molecule has 158 valence electrons. The summed E-state index contributed by atoms with van der Waals surface area (Å²) in [4.78, 5) is 30.8. The molecule has 0 bridgehead atoms. The maximum Gasteiger partial charge on any atom is 0.226 e. The molecular formula is C22H31FN4O2. The Hall–Kier alpha value is -2.15. The smallest absolute Gasteiger partial charge is 0.226 e. The minimum Gasteiger partial charge on any atom is -0.369 e. The maximum absolute atomic E-state index is 13.1. The molecule has 1 aromatic carbocycles. The second kappa shape index (κ2) is 8.30. The third kappa shape index (κ3) is 4.39. The second-order valence-corrected chi connectivity index (χ2v) is 8.75. The lowest BCUT2D eigenvalue weighted by atomic mass is 9.75. The van der Waals surface area contributed by atoms with Crippen molar-refractivity contribution in [1.82, 2.24) is 15.1 Å². The van der Waals surface area contributed by atoms with Gasteiger partial charge >= 0.3 is 0 Å². The number of piperazine rings is 1. The molecule has 0 aromatic heterocycles. The van der Waals surface area contributed by atoms with E-state index in [0.29, 0.717) is 13.1 Å². The maximum atomic E-state index is 13.1. The van der Waals surface area contributed by atoms with Crippen LogP contribution in [-0.2, 0) is 9.59 Å². The van der Waals surface area contributed by atoms with Gasteiger partial charge in [0.15, 0.2) is 0 Å². The van der Waals surface area contributed by atoms with Crippen molar-refractivity contribution in [3.63, 3.8) is 0 Å². The summed E-state index contributed by atoms with van der Waals surface area (Å²) in [5, 5.41) is 3.22. The van der Waals surface area contributed by atoms with Gasteiger partial charge in [-0.2, -0.15) is 0 Å². The van der Waals surface area contributed by atoms with Crippen LogP contribution in [0.1, 0.15) is 32.6 Å². The molecule has 0 aliphatic carbocycles. The summed E-state index contributed by atoms with van der Waals surface area (Å²) >= 11 is 0. The number of likely N-dealkylation sites (tertiary alicyclic amines) is 1. The summed E-state index contributed by atoms with van der Waals surface area (Å²) in [6, 6.07) is 6.95. The Morgan fingerprint density at radius 1 is 1.10 bits per heavy atom. The van der Waals surface area contributed by atoms with Crippen molar-refractivity contribution in [2.45, 2.75) is 38.6 Å². The van der Waals surface area contributed by atoms with Crippen LogP contribution in [0.25, 0.3) is 0 Å². The standard InChI is InChI=1S/C22H31FN4O2/c1-17(28)26-10-7-22(8-11-26)16-19(24-21(22)29)6-9-25-12-14-27(15-13-25)20-4-2-18(23)3-5-20/h2-5,19H,6-16H2,1H3,(H,24,29). The van der Waals surface area contributed by atoms with Crippen LogP contribution in [0.5, 0.6) is 0 Å². The molecule has 1 unspecified atom stereocenters. The summed E-state index contributed by atoms with van der Waals surface area (Å²) in [5.41, 5.74) is 0.811. The fourth-order valence-corrected chi connectivity index (χ4v) is 5.03. The van der Waals surface area contributed by atoms with Crippen LogP contribution in [0.2, 0.25) is 0 Å². The minimum atomic E-state index is -0.266. The zero-order chi connectivity index (χ0) is 20.4. The number of rotatable bonds is 4. The van der Waals surface area contributed by atoms with Gasteiger partial charge in [0.05, 0.1) is 5.41 Å². The van der Waals surface area contributed by atoms with Crippen molar-refractivity contribution < 1.29 is 14.0 Å². The fraction of sp³-hybridized carbons (Fsp3) is 0.636. The molecule has 4 rings (SSSR count). The molecule has 3 aliphatic rings. The summed E-state index contributed by atoms with van der Waals surface area (Å²) in [6.07, 6.45) is 3.43. The Bertz CT molecular complexity index is 738. The molecule has 7 heteroatoms. The van der Waals surface area contributed by atoms with Gasteiger partial charge in [0.2, 0.25) is 11.8 Å². The van der Waals surface area contributed by atoms with Crippen LogP contribution in [0, 0.1) is 11.2 Å². The Morgan fingerprint density at radius 3 is 2.38 bits per heavy atom. The molecule has 3 heterocycles. The number of halogens is 1. The average molecular weight is 403 g/mol. The van der Waals surface area contributed by atoms with Crippen LogP contribution in [-0.4, -0.2) is 73.5 Å². The number of anilines is 1. The van der Waals surface area contributed by atoms with E-state index in [1.165, 1.54) is 12.1 Å². The summed E-state index contributed by atoms with van der Waals surface area (Å²) in [5.74, 6) is 0.0946. The van der Waals surface area contributed by atoms with Gasteiger partial charge in [0.1, 0.15) is 5.82 Å². The van der Waals surface area contributed by atoms with E-state index in [1.807, 2.05) is 17.0 Å². The molecule has 3 saturated heterocycles. The highest BCUT2D eigenvalue weighted by Gasteiger charge is 2.48. The Labute approximate surface area is 172 Å². The van der Waals surface area contributed by atoms with Crippen LogP contribution in [0.3, 0.4) is 0 Å². The van der Waals surface area contributed by atoms with Gasteiger partial charge in [0.25, 0.3) is 0 Å². The number of nitrogens with zero attached hydrogens (tertiary/aromatic N) is 3. The highest BCUT2D eigenvalue weighted by atomic mass is 19.1. The van der Waals surface area contributed by atoms with Gasteiger partial charge in [-0.05, 0) is 49.9 Å². The van der Waals surface area contributed by atoms with E-state index in [-0.39, 0.29) is 29.1 Å². The predicted octanol–water partition coefficient (Wildman–Crippen LogP) is 1.86. The van der Waals surface area contributed by atoms with E-state index in [0.717, 1.165) is 64.1 Å². The Morgan fingerprint density at radius 2 is 1.76 bits per heavy atom. The van der Waals surface area contributed by atoms with Crippen molar-refractivity contribution in [1.29, 1.82) is 0 Å². The Balaban J connectivity index is 1.22. The van der Waals surface area contributed by atoms with Gasteiger partial charge in [-0.15, -0.1) is 0 Å². The van der Waals surface area contributed by atoms with E-state index < -0.39 is 0 Å². The van der Waals surface area contributed by atoms with Crippen molar-refractivity contribution in [2.75, 3.05) is 50.7 Å². The largest absolute Gasteiger partial charge is 0.369 e. The van der Waals surface area contributed by atoms with E-state index in [2.05, 4.69) is 15.1 Å². The first-order chi connectivity index (χ1) is 13.9. The number of hydrogen-bond donors (Lipinski definition) is 1.